The van der Waals surface area contributed by atoms with Crippen LogP contribution in [0.4, 0.5) is 0 Å². The summed E-state index contributed by atoms with van der Waals surface area (Å²) in [5.74, 6) is 3.16. The molecule has 0 saturated heterocycles. The smallest absolute Gasteiger partial charge is 0.227 e. The Morgan fingerprint density at radius 2 is 1.57 bits per heavy atom. The highest BCUT2D eigenvalue weighted by Gasteiger charge is 2.10. The van der Waals surface area contributed by atoms with E-state index in [1.54, 1.807) is 6.92 Å². The van der Waals surface area contributed by atoms with Crippen LogP contribution in [-0.4, -0.2) is 25.5 Å². The monoisotopic (exact) mass is 289 g/mol. The van der Waals surface area contributed by atoms with Crippen LogP contribution in [0.5, 0.6) is 0 Å². The van der Waals surface area contributed by atoms with Crippen molar-refractivity contribution in [2.75, 3.05) is 0 Å². The average molecular weight is 289 g/mol. The van der Waals surface area contributed by atoms with Crippen molar-refractivity contribution < 1.29 is 13.5 Å². The van der Waals surface area contributed by atoms with E-state index in [0.29, 0.717) is 49.2 Å². The topological polar surface area (TPSA) is 104 Å². The summed E-state index contributed by atoms with van der Waals surface area (Å²) in [5.41, 5.74) is 0.867. The van der Waals surface area contributed by atoms with Gasteiger partial charge in [-0.2, -0.15) is 4.98 Å². The van der Waals surface area contributed by atoms with E-state index in [0.717, 1.165) is 11.5 Å². The molecule has 3 aromatic heterocycles. The van der Waals surface area contributed by atoms with Gasteiger partial charge in [-0.1, -0.05) is 10.3 Å². The van der Waals surface area contributed by atoms with Gasteiger partial charge in [-0.25, -0.2) is 0 Å². The predicted molar refractivity (Wildman–Crippen MR) is 69.4 cm³/mol. The lowest BCUT2D eigenvalue weighted by Gasteiger charge is -1.91. The molecule has 0 amide bonds. The van der Waals surface area contributed by atoms with Crippen LogP contribution in [0.1, 0.15) is 35.0 Å². The SMILES string of the molecule is Cc1cc(CCc2nnc(CCc3nc(C)no3)o2)on1. The van der Waals surface area contributed by atoms with Crippen LogP contribution in [0.15, 0.2) is 19.5 Å². The maximum atomic E-state index is 5.57. The Bertz CT molecular complexity index is 656. The summed E-state index contributed by atoms with van der Waals surface area (Å²) in [7, 11) is 0. The highest BCUT2D eigenvalue weighted by molar-refractivity contribution is 5.04. The largest absolute Gasteiger partial charge is 0.425 e. The summed E-state index contributed by atoms with van der Waals surface area (Å²) in [6.45, 7) is 3.67. The second-order valence-corrected chi connectivity index (χ2v) is 4.76. The van der Waals surface area contributed by atoms with Gasteiger partial charge in [-0.3, -0.25) is 0 Å². The van der Waals surface area contributed by atoms with E-state index in [-0.39, 0.29) is 0 Å². The lowest BCUT2D eigenvalue weighted by Crippen LogP contribution is -1.92. The van der Waals surface area contributed by atoms with Gasteiger partial charge in [0.05, 0.1) is 5.69 Å². The van der Waals surface area contributed by atoms with E-state index in [1.807, 2.05) is 13.0 Å². The van der Waals surface area contributed by atoms with Crippen LogP contribution in [0.2, 0.25) is 0 Å². The molecule has 0 bridgehead atoms. The molecule has 0 N–H and O–H groups in total. The Labute approximate surface area is 120 Å². The number of rotatable bonds is 6. The summed E-state index contributed by atoms with van der Waals surface area (Å²) in [4.78, 5) is 4.12. The van der Waals surface area contributed by atoms with Gasteiger partial charge >= 0.3 is 0 Å². The Balaban J connectivity index is 1.51. The fourth-order valence-electron chi connectivity index (χ4n) is 1.91. The highest BCUT2D eigenvalue weighted by atomic mass is 16.5. The Kier molecular flexibility index (Phi) is 3.76. The van der Waals surface area contributed by atoms with Crippen molar-refractivity contribution in [2.45, 2.75) is 39.5 Å². The second kappa shape index (κ2) is 5.86. The molecule has 0 spiro atoms. The van der Waals surface area contributed by atoms with Crippen molar-refractivity contribution in [1.29, 1.82) is 0 Å². The Morgan fingerprint density at radius 1 is 0.857 bits per heavy atom. The molecular formula is C13H15N5O3. The standard InChI is InChI=1S/C13H15N5O3/c1-8-7-10(20-17-8)3-4-12-15-16-13(19-12)6-5-11-14-9(2)18-21-11/h7H,3-6H2,1-2H3. The number of hydrogen-bond donors (Lipinski definition) is 0. The summed E-state index contributed by atoms with van der Waals surface area (Å²) in [5, 5.41) is 15.6. The molecule has 0 fully saturated rings. The van der Waals surface area contributed by atoms with E-state index in [1.165, 1.54) is 0 Å². The quantitative estimate of drug-likeness (QED) is 0.674. The minimum Gasteiger partial charge on any atom is -0.425 e. The third-order valence-electron chi connectivity index (χ3n) is 2.89. The van der Waals surface area contributed by atoms with Crippen molar-refractivity contribution in [1.82, 2.24) is 25.5 Å². The van der Waals surface area contributed by atoms with Crippen LogP contribution >= 0.6 is 0 Å². The van der Waals surface area contributed by atoms with Gasteiger partial charge in [-0.05, 0) is 13.8 Å². The number of hydrogen-bond acceptors (Lipinski definition) is 8. The molecule has 3 rings (SSSR count). The van der Waals surface area contributed by atoms with E-state index in [4.69, 9.17) is 13.5 Å². The molecule has 3 heterocycles. The van der Waals surface area contributed by atoms with Gasteiger partial charge in [0.15, 0.2) is 5.82 Å². The minimum atomic E-state index is 0.564. The Hall–Kier alpha value is -2.51. The number of aromatic nitrogens is 5. The first-order chi connectivity index (χ1) is 10.2. The first kappa shape index (κ1) is 13.5. The number of nitrogens with zero attached hydrogens (tertiary/aromatic N) is 5. The normalized spacial score (nSPS) is 11.1. The van der Waals surface area contributed by atoms with Crippen molar-refractivity contribution in [3.8, 4) is 0 Å². The molecule has 110 valence electrons. The van der Waals surface area contributed by atoms with Gasteiger partial charge < -0.3 is 13.5 Å². The summed E-state index contributed by atoms with van der Waals surface area (Å²) < 4.78 is 15.7. The first-order valence-electron chi connectivity index (χ1n) is 6.71. The average Bonchev–Trinajstić information content (AvgIpc) is 3.16. The fraction of sp³-hybridized carbons (Fsp3) is 0.462. The van der Waals surface area contributed by atoms with Gasteiger partial charge in [0.2, 0.25) is 17.7 Å². The molecular weight excluding hydrogens is 274 g/mol. The highest BCUT2D eigenvalue weighted by Crippen LogP contribution is 2.09. The molecule has 0 aliphatic heterocycles. The summed E-state index contributed by atoms with van der Waals surface area (Å²) >= 11 is 0. The van der Waals surface area contributed by atoms with E-state index in [9.17, 15) is 0 Å². The summed E-state index contributed by atoms with van der Waals surface area (Å²) in [6.07, 6.45) is 2.48. The molecule has 21 heavy (non-hydrogen) atoms. The van der Waals surface area contributed by atoms with Gasteiger partial charge in [0, 0.05) is 31.7 Å². The summed E-state index contributed by atoms with van der Waals surface area (Å²) in [6, 6.07) is 1.90. The molecule has 8 heteroatoms. The van der Waals surface area contributed by atoms with Crippen molar-refractivity contribution in [3.05, 3.63) is 41.0 Å². The molecule has 0 saturated carbocycles. The molecule has 0 aliphatic carbocycles. The maximum Gasteiger partial charge on any atom is 0.227 e. The Morgan fingerprint density at radius 3 is 2.19 bits per heavy atom. The van der Waals surface area contributed by atoms with Crippen LogP contribution < -0.4 is 0 Å². The van der Waals surface area contributed by atoms with Crippen LogP contribution in [-0.2, 0) is 25.7 Å². The fourth-order valence-corrected chi connectivity index (χ4v) is 1.91. The zero-order valence-corrected chi connectivity index (χ0v) is 11.9. The van der Waals surface area contributed by atoms with Crippen molar-refractivity contribution in [2.24, 2.45) is 0 Å². The van der Waals surface area contributed by atoms with Gasteiger partial charge in [-0.15, -0.1) is 10.2 Å². The van der Waals surface area contributed by atoms with E-state index in [2.05, 4.69) is 25.5 Å². The van der Waals surface area contributed by atoms with E-state index < -0.39 is 0 Å². The lowest BCUT2D eigenvalue weighted by atomic mass is 10.2. The second-order valence-electron chi connectivity index (χ2n) is 4.76. The molecule has 0 unspecified atom stereocenters. The molecule has 0 aliphatic rings. The molecule has 0 radical (unpaired) electrons. The minimum absolute atomic E-state index is 0.564. The number of aryl methyl sites for hydroxylation is 6. The first-order valence-corrected chi connectivity index (χ1v) is 6.71. The van der Waals surface area contributed by atoms with Crippen molar-refractivity contribution >= 4 is 0 Å². The molecule has 8 nitrogen and oxygen atoms in total. The maximum absolute atomic E-state index is 5.57. The zero-order valence-electron chi connectivity index (χ0n) is 11.9. The zero-order chi connectivity index (χ0) is 14.7. The van der Waals surface area contributed by atoms with Crippen LogP contribution in [0.3, 0.4) is 0 Å². The van der Waals surface area contributed by atoms with Gasteiger partial charge in [0.1, 0.15) is 5.76 Å². The van der Waals surface area contributed by atoms with Crippen LogP contribution in [0.25, 0.3) is 0 Å². The molecule has 3 aromatic rings. The third kappa shape index (κ3) is 3.53. The van der Waals surface area contributed by atoms with E-state index >= 15 is 0 Å². The molecule has 0 aromatic carbocycles. The van der Waals surface area contributed by atoms with Crippen LogP contribution in [0, 0.1) is 13.8 Å². The van der Waals surface area contributed by atoms with Crippen molar-refractivity contribution in [3.63, 3.8) is 0 Å². The molecule has 0 atom stereocenters. The third-order valence-corrected chi connectivity index (χ3v) is 2.89. The predicted octanol–water partition coefficient (Wildman–Crippen LogP) is 1.63. The lowest BCUT2D eigenvalue weighted by molar-refractivity contribution is 0.363. The van der Waals surface area contributed by atoms with Gasteiger partial charge in [0.25, 0.3) is 0 Å².